The molecule has 4 heteroatoms. The predicted octanol–water partition coefficient (Wildman–Crippen LogP) is 6.94. The summed E-state index contributed by atoms with van der Waals surface area (Å²) in [7, 11) is 0. The summed E-state index contributed by atoms with van der Waals surface area (Å²) >= 11 is 0. The van der Waals surface area contributed by atoms with E-state index in [1.165, 1.54) is 37.8 Å². The van der Waals surface area contributed by atoms with Gasteiger partial charge in [0.1, 0.15) is 11.6 Å². The first-order chi connectivity index (χ1) is 14.6. The van der Waals surface area contributed by atoms with Crippen LogP contribution in [0.5, 0.6) is 0 Å². The van der Waals surface area contributed by atoms with Crippen LogP contribution in [0.15, 0.2) is 24.8 Å². The van der Waals surface area contributed by atoms with E-state index in [0.29, 0.717) is 24.7 Å². The van der Waals surface area contributed by atoms with Crippen molar-refractivity contribution in [2.45, 2.75) is 71.0 Å². The summed E-state index contributed by atoms with van der Waals surface area (Å²) in [4.78, 5) is 0. The summed E-state index contributed by atoms with van der Waals surface area (Å²) in [6.45, 7) is 7.01. The van der Waals surface area contributed by atoms with Gasteiger partial charge in [-0.15, -0.1) is 6.58 Å². The monoisotopic (exact) mass is 416 g/mol. The Labute approximate surface area is 180 Å². The minimum absolute atomic E-state index is 0.146. The van der Waals surface area contributed by atoms with Crippen LogP contribution in [0.25, 0.3) is 0 Å². The molecule has 2 aliphatic rings. The summed E-state index contributed by atoms with van der Waals surface area (Å²) in [5.41, 5.74) is 0.229. The van der Waals surface area contributed by atoms with E-state index in [0.717, 1.165) is 38.0 Å². The number of ether oxygens (including phenoxy) is 2. The number of hydrogen-bond acceptors (Lipinski definition) is 2. The van der Waals surface area contributed by atoms with E-state index in [9.17, 15) is 8.78 Å². The van der Waals surface area contributed by atoms with Crippen LogP contribution in [0.3, 0.4) is 0 Å². The molecule has 0 aromatic heterocycles. The molecule has 0 unspecified atom stereocenters. The van der Waals surface area contributed by atoms with Gasteiger partial charge in [-0.1, -0.05) is 37.7 Å². The molecule has 0 bridgehead atoms. The van der Waals surface area contributed by atoms with E-state index in [-0.39, 0.29) is 11.5 Å². The standard InChI is InChI=1S/C26H34F2O2/c1-3-5-6-8-21-17-29-26(30-18-21)22-15-24(27)23(25(28)16-22)14-13-20-11-9-19(7-4-2)10-12-20/h3,15-16,19-21,26H,1,4-12,17-18H2,2H3/t19?,20?,21-,26-. The zero-order chi connectivity index (χ0) is 21.3. The van der Waals surface area contributed by atoms with Crippen molar-refractivity contribution in [2.75, 3.05) is 13.2 Å². The molecule has 2 nitrogen and oxygen atoms in total. The van der Waals surface area contributed by atoms with Crippen molar-refractivity contribution < 1.29 is 18.3 Å². The first kappa shape index (κ1) is 23.0. The van der Waals surface area contributed by atoms with Crippen molar-refractivity contribution in [3.8, 4) is 11.8 Å². The first-order valence-electron chi connectivity index (χ1n) is 11.4. The molecule has 1 saturated carbocycles. The first-order valence-corrected chi connectivity index (χ1v) is 11.4. The van der Waals surface area contributed by atoms with Crippen molar-refractivity contribution in [3.63, 3.8) is 0 Å². The molecule has 0 N–H and O–H groups in total. The number of hydrogen-bond donors (Lipinski definition) is 0. The van der Waals surface area contributed by atoms with Crippen LogP contribution in [0.2, 0.25) is 0 Å². The van der Waals surface area contributed by atoms with E-state index in [4.69, 9.17) is 9.47 Å². The third-order valence-corrected chi connectivity index (χ3v) is 6.27. The lowest BCUT2D eigenvalue weighted by atomic mass is 9.80. The molecular weight excluding hydrogens is 382 g/mol. The Morgan fingerprint density at radius 3 is 2.30 bits per heavy atom. The molecule has 1 aliphatic carbocycles. The van der Waals surface area contributed by atoms with Crippen molar-refractivity contribution in [2.24, 2.45) is 17.8 Å². The molecule has 1 aromatic rings. The van der Waals surface area contributed by atoms with Gasteiger partial charge in [-0.25, -0.2) is 8.78 Å². The van der Waals surface area contributed by atoms with Crippen LogP contribution in [-0.2, 0) is 9.47 Å². The Balaban J connectivity index is 1.57. The fraction of sp³-hybridized carbons (Fsp3) is 0.615. The minimum atomic E-state index is -0.722. The SMILES string of the molecule is C=CCCC[C@H]1CO[C@H](c2cc(F)c(C#CC3CCC(CCC)CC3)c(F)c2)OC1. The highest BCUT2D eigenvalue weighted by molar-refractivity contribution is 5.40. The smallest absolute Gasteiger partial charge is 0.184 e. The van der Waals surface area contributed by atoms with E-state index < -0.39 is 17.9 Å². The van der Waals surface area contributed by atoms with Crippen LogP contribution in [0.4, 0.5) is 8.78 Å². The maximum Gasteiger partial charge on any atom is 0.184 e. The van der Waals surface area contributed by atoms with E-state index in [1.54, 1.807) is 0 Å². The minimum Gasteiger partial charge on any atom is -0.348 e. The second-order valence-electron chi connectivity index (χ2n) is 8.72. The van der Waals surface area contributed by atoms with Crippen LogP contribution >= 0.6 is 0 Å². The highest BCUT2D eigenvalue weighted by Crippen LogP contribution is 2.32. The number of halogens is 2. The molecule has 2 fully saturated rings. The average Bonchev–Trinajstić information content (AvgIpc) is 2.75. The largest absolute Gasteiger partial charge is 0.348 e. The number of allylic oxidation sites excluding steroid dienone is 1. The van der Waals surface area contributed by atoms with Gasteiger partial charge in [0.25, 0.3) is 0 Å². The Morgan fingerprint density at radius 1 is 1.03 bits per heavy atom. The van der Waals surface area contributed by atoms with Gasteiger partial charge in [0.05, 0.1) is 18.8 Å². The fourth-order valence-corrected chi connectivity index (χ4v) is 4.48. The molecule has 3 rings (SSSR count). The highest BCUT2D eigenvalue weighted by Gasteiger charge is 2.25. The summed E-state index contributed by atoms with van der Waals surface area (Å²) in [6, 6.07) is 2.60. The molecule has 1 saturated heterocycles. The molecule has 0 spiro atoms. The average molecular weight is 417 g/mol. The highest BCUT2D eigenvalue weighted by atomic mass is 19.1. The van der Waals surface area contributed by atoms with Crippen LogP contribution in [0.1, 0.15) is 82.1 Å². The second kappa shape index (κ2) is 11.6. The lowest BCUT2D eigenvalue weighted by molar-refractivity contribution is -0.206. The quantitative estimate of drug-likeness (QED) is 0.272. The molecule has 0 radical (unpaired) electrons. The number of benzene rings is 1. The maximum atomic E-state index is 14.6. The van der Waals surface area contributed by atoms with Crippen molar-refractivity contribution in [1.29, 1.82) is 0 Å². The van der Waals surface area contributed by atoms with Gasteiger partial charge in [-0.05, 0) is 63.0 Å². The number of unbranched alkanes of at least 4 members (excludes halogenated alkanes) is 1. The molecule has 1 heterocycles. The summed E-state index contributed by atoms with van der Waals surface area (Å²) < 4.78 is 40.7. The Kier molecular flexibility index (Phi) is 8.90. The predicted molar refractivity (Wildman–Crippen MR) is 116 cm³/mol. The van der Waals surface area contributed by atoms with Gasteiger partial charge in [0.2, 0.25) is 0 Å². The van der Waals surface area contributed by atoms with Gasteiger partial charge in [-0.2, -0.15) is 0 Å². The third kappa shape index (κ3) is 6.40. The van der Waals surface area contributed by atoms with Crippen molar-refractivity contribution in [3.05, 3.63) is 47.5 Å². The number of rotatable bonds is 7. The molecule has 0 amide bonds. The van der Waals surface area contributed by atoms with Crippen molar-refractivity contribution >= 4 is 0 Å². The van der Waals surface area contributed by atoms with Gasteiger partial charge in [0.15, 0.2) is 6.29 Å². The third-order valence-electron chi connectivity index (χ3n) is 6.27. The van der Waals surface area contributed by atoms with Gasteiger partial charge < -0.3 is 9.47 Å². The van der Waals surface area contributed by atoms with E-state index >= 15 is 0 Å². The van der Waals surface area contributed by atoms with Gasteiger partial charge in [-0.3, -0.25) is 0 Å². The topological polar surface area (TPSA) is 18.5 Å². The van der Waals surface area contributed by atoms with Crippen LogP contribution < -0.4 is 0 Å². The van der Waals surface area contributed by atoms with E-state index in [1.807, 2.05) is 6.08 Å². The molecular formula is C26H34F2O2. The Hall–Kier alpha value is -1.70. The van der Waals surface area contributed by atoms with Crippen LogP contribution in [-0.4, -0.2) is 13.2 Å². The maximum absolute atomic E-state index is 14.6. The Morgan fingerprint density at radius 2 is 1.70 bits per heavy atom. The molecule has 164 valence electrons. The zero-order valence-corrected chi connectivity index (χ0v) is 18.1. The molecule has 1 aliphatic heterocycles. The Bertz CT molecular complexity index is 725. The van der Waals surface area contributed by atoms with Gasteiger partial charge in [0, 0.05) is 17.4 Å². The molecule has 1 aromatic carbocycles. The second-order valence-corrected chi connectivity index (χ2v) is 8.72. The molecule has 30 heavy (non-hydrogen) atoms. The zero-order valence-electron chi connectivity index (χ0n) is 18.1. The summed E-state index contributed by atoms with van der Waals surface area (Å²) in [5, 5.41) is 0. The van der Waals surface area contributed by atoms with Crippen molar-refractivity contribution in [1.82, 2.24) is 0 Å². The summed E-state index contributed by atoms with van der Waals surface area (Å²) in [6.07, 6.45) is 11.1. The van der Waals surface area contributed by atoms with Gasteiger partial charge >= 0.3 is 0 Å². The lowest BCUT2D eigenvalue weighted by Gasteiger charge is -2.29. The molecule has 0 atom stereocenters. The fourth-order valence-electron chi connectivity index (χ4n) is 4.48. The van der Waals surface area contributed by atoms with E-state index in [2.05, 4.69) is 25.3 Å². The summed E-state index contributed by atoms with van der Waals surface area (Å²) in [5.74, 6) is 5.94. The normalized spacial score (nSPS) is 26.6. The lowest BCUT2D eigenvalue weighted by Crippen LogP contribution is -2.27. The van der Waals surface area contributed by atoms with Crippen LogP contribution in [0, 0.1) is 41.2 Å².